The van der Waals surface area contributed by atoms with E-state index in [-0.39, 0.29) is 6.03 Å². The molecule has 4 aromatic rings. The Morgan fingerprint density at radius 1 is 0.879 bits per heavy atom. The molecule has 0 spiro atoms. The molecule has 0 fully saturated rings. The summed E-state index contributed by atoms with van der Waals surface area (Å²) in [5.74, 6) is 1.96. The molecule has 0 saturated heterocycles. The zero-order valence-corrected chi connectivity index (χ0v) is 17.5. The molecule has 4 N–H and O–H groups in total. The Morgan fingerprint density at radius 3 is 2.21 bits per heavy atom. The number of para-hydroxylation sites is 1. The summed E-state index contributed by atoms with van der Waals surface area (Å²) in [6.45, 7) is 0. The minimum Gasteiger partial charge on any atom is -0.457 e. The second-order valence-electron chi connectivity index (χ2n) is 7.34. The highest BCUT2D eigenvalue weighted by Gasteiger charge is 2.24. The van der Waals surface area contributed by atoms with E-state index in [9.17, 15) is 4.79 Å². The van der Waals surface area contributed by atoms with Gasteiger partial charge in [-0.1, -0.05) is 18.2 Å². The summed E-state index contributed by atoms with van der Waals surface area (Å²) in [5.41, 5.74) is 9.27. The number of nitrogens with one attached hydrogen (secondary N) is 2. The highest BCUT2D eigenvalue weighted by Crippen LogP contribution is 2.34. The van der Waals surface area contributed by atoms with Crippen LogP contribution in [0.15, 0.2) is 101 Å². The molecule has 2 amide bonds. The number of nitrogens with two attached hydrogens (primary N) is 1. The van der Waals surface area contributed by atoms with Gasteiger partial charge in [-0.25, -0.2) is 9.79 Å². The van der Waals surface area contributed by atoms with Crippen molar-refractivity contribution in [3.05, 3.63) is 96.8 Å². The molecule has 33 heavy (non-hydrogen) atoms. The monoisotopic (exact) mass is 439 g/mol. The van der Waals surface area contributed by atoms with E-state index in [1.807, 2.05) is 53.4 Å². The molecule has 0 saturated carbocycles. The van der Waals surface area contributed by atoms with Crippen LogP contribution in [0.1, 0.15) is 11.7 Å². The van der Waals surface area contributed by atoms with E-state index < -0.39 is 6.17 Å². The fraction of sp³-hybridized carbons (Fsp3) is 0.0400. The molecule has 1 unspecified atom stereocenters. The number of hydrogen-bond acceptors (Lipinski definition) is 6. The molecular formula is C25H21N5O3. The minimum absolute atomic E-state index is 0.348. The topological polar surface area (TPSA) is 105 Å². The van der Waals surface area contributed by atoms with Crippen molar-refractivity contribution in [1.29, 1.82) is 0 Å². The van der Waals surface area contributed by atoms with E-state index in [4.69, 9.17) is 14.9 Å². The first-order valence-electron chi connectivity index (χ1n) is 10.3. The lowest BCUT2D eigenvalue weighted by atomic mass is 10.2. The number of anilines is 3. The Balaban J connectivity index is 1.17. The predicted molar refractivity (Wildman–Crippen MR) is 128 cm³/mol. The molecule has 2 heterocycles. The third-order valence-electron chi connectivity index (χ3n) is 5.11. The van der Waals surface area contributed by atoms with Crippen molar-refractivity contribution < 1.29 is 13.9 Å². The number of ether oxygens (including phenoxy) is 1. The zero-order valence-electron chi connectivity index (χ0n) is 17.5. The Kier molecular flexibility index (Phi) is 5.48. The van der Waals surface area contributed by atoms with Gasteiger partial charge in [-0.3, -0.25) is 0 Å². The number of amides is 2. The SMILES string of the molecule is NC1c2ccoc2N=CN1c1ccc(NC(=O)Nc2ccc(Oc3ccccc3)cc2)cc1. The van der Waals surface area contributed by atoms with Crippen LogP contribution >= 0.6 is 0 Å². The number of nitrogens with zero attached hydrogens (tertiary/aromatic N) is 2. The summed E-state index contributed by atoms with van der Waals surface area (Å²) in [4.78, 5) is 18.5. The number of benzene rings is 3. The van der Waals surface area contributed by atoms with Gasteiger partial charge >= 0.3 is 6.03 Å². The molecular weight excluding hydrogens is 418 g/mol. The van der Waals surface area contributed by atoms with Gasteiger partial charge in [-0.2, -0.15) is 0 Å². The van der Waals surface area contributed by atoms with Crippen molar-refractivity contribution in [3.8, 4) is 11.5 Å². The van der Waals surface area contributed by atoms with Gasteiger partial charge in [0.05, 0.1) is 11.8 Å². The first kappa shape index (κ1) is 20.3. The van der Waals surface area contributed by atoms with Crippen LogP contribution in [0.5, 0.6) is 11.5 Å². The normalized spacial score (nSPS) is 14.5. The van der Waals surface area contributed by atoms with Gasteiger partial charge in [0, 0.05) is 17.1 Å². The van der Waals surface area contributed by atoms with Crippen molar-refractivity contribution in [3.63, 3.8) is 0 Å². The highest BCUT2D eigenvalue weighted by atomic mass is 16.5. The molecule has 8 heteroatoms. The summed E-state index contributed by atoms with van der Waals surface area (Å²) < 4.78 is 11.1. The van der Waals surface area contributed by atoms with Crippen molar-refractivity contribution in [2.75, 3.05) is 15.5 Å². The van der Waals surface area contributed by atoms with Crippen LogP contribution in [0.3, 0.4) is 0 Å². The van der Waals surface area contributed by atoms with Crippen molar-refractivity contribution in [2.24, 2.45) is 10.7 Å². The van der Waals surface area contributed by atoms with Crippen molar-refractivity contribution in [1.82, 2.24) is 0 Å². The van der Waals surface area contributed by atoms with E-state index in [1.165, 1.54) is 0 Å². The maximum absolute atomic E-state index is 12.4. The largest absolute Gasteiger partial charge is 0.457 e. The third kappa shape index (κ3) is 4.56. The van der Waals surface area contributed by atoms with E-state index >= 15 is 0 Å². The second-order valence-corrected chi connectivity index (χ2v) is 7.34. The van der Waals surface area contributed by atoms with E-state index in [1.54, 1.807) is 49.0 Å². The zero-order chi connectivity index (χ0) is 22.6. The fourth-order valence-corrected chi connectivity index (χ4v) is 3.45. The smallest absolute Gasteiger partial charge is 0.323 e. The van der Waals surface area contributed by atoms with Crippen LogP contribution in [0.25, 0.3) is 0 Å². The molecule has 0 radical (unpaired) electrons. The molecule has 5 rings (SSSR count). The number of aliphatic imine (C=N–C) groups is 1. The predicted octanol–water partition coefficient (Wildman–Crippen LogP) is 5.85. The van der Waals surface area contributed by atoms with Gasteiger partial charge in [-0.15, -0.1) is 0 Å². The lowest BCUT2D eigenvalue weighted by Crippen LogP contribution is -2.35. The molecule has 3 aromatic carbocycles. The second kappa shape index (κ2) is 8.89. The highest BCUT2D eigenvalue weighted by molar-refractivity contribution is 6.00. The maximum Gasteiger partial charge on any atom is 0.323 e. The van der Waals surface area contributed by atoms with Gasteiger partial charge < -0.3 is 30.4 Å². The van der Waals surface area contributed by atoms with E-state index in [0.29, 0.717) is 23.0 Å². The molecule has 1 aromatic heterocycles. The Morgan fingerprint density at radius 2 is 1.52 bits per heavy atom. The van der Waals surface area contributed by atoms with Gasteiger partial charge in [-0.05, 0) is 66.7 Å². The molecule has 1 aliphatic heterocycles. The van der Waals surface area contributed by atoms with Crippen molar-refractivity contribution in [2.45, 2.75) is 6.17 Å². The number of carbonyl (C=O) groups is 1. The lowest BCUT2D eigenvalue weighted by molar-refractivity contribution is 0.262. The first-order chi connectivity index (χ1) is 16.2. The van der Waals surface area contributed by atoms with Gasteiger partial charge in [0.25, 0.3) is 0 Å². The number of rotatable bonds is 5. The average molecular weight is 439 g/mol. The van der Waals surface area contributed by atoms with Crippen LogP contribution in [-0.2, 0) is 0 Å². The molecule has 0 bridgehead atoms. The third-order valence-corrected chi connectivity index (χ3v) is 5.11. The summed E-state index contributed by atoms with van der Waals surface area (Å²) in [6.07, 6.45) is 2.81. The number of furan rings is 1. The first-order valence-corrected chi connectivity index (χ1v) is 10.3. The maximum atomic E-state index is 12.4. The summed E-state index contributed by atoms with van der Waals surface area (Å²) >= 11 is 0. The molecule has 0 aliphatic carbocycles. The molecule has 8 nitrogen and oxygen atoms in total. The van der Waals surface area contributed by atoms with Crippen LogP contribution in [0.4, 0.5) is 27.7 Å². The van der Waals surface area contributed by atoms with Gasteiger partial charge in [0.2, 0.25) is 5.88 Å². The molecule has 1 aliphatic rings. The Bertz CT molecular complexity index is 1270. The standard InChI is InChI=1S/C25H21N5O3/c26-23-22-14-15-32-24(22)27-16-30(23)19-10-6-17(7-11-19)28-25(31)29-18-8-12-21(13-9-18)33-20-4-2-1-3-5-20/h1-16,23H,26H2,(H2,28,29,31). The number of fused-ring (bicyclic) bond motifs is 1. The Hall–Kier alpha value is -4.56. The Labute approximate surface area is 190 Å². The van der Waals surface area contributed by atoms with Gasteiger partial charge in [0.15, 0.2) is 0 Å². The fourth-order valence-electron chi connectivity index (χ4n) is 3.45. The van der Waals surface area contributed by atoms with Crippen LogP contribution in [0, 0.1) is 0 Å². The number of carbonyl (C=O) groups excluding carboxylic acids is 1. The molecule has 1 atom stereocenters. The summed E-state index contributed by atoms with van der Waals surface area (Å²) in [6, 6.07) is 25.5. The lowest BCUT2D eigenvalue weighted by Gasteiger charge is -2.29. The van der Waals surface area contributed by atoms with E-state index in [0.717, 1.165) is 17.0 Å². The quantitative estimate of drug-likeness (QED) is 0.362. The van der Waals surface area contributed by atoms with Crippen LogP contribution in [0.2, 0.25) is 0 Å². The number of urea groups is 1. The van der Waals surface area contributed by atoms with Crippen LogP contribution in [-0.4, -0.2) is 12.4 Å². The minimum atomic E-state index is -0.396. The van der Waals surface area contributed by atoms with E-state index in [2.05, 4.69) is 15.6 Å². The summed E-state index contributed by atoms with van der Waals surface area (Å²) in [5, 5.41) is 5.62. The summed E-state index contributed by atoms with van der Waals surface area (Å²) in [7, 11) is 0. The number of hydrogen-bond donors (Lipinski definition) is 3. The average Bonchev–Trinajstić information content (AvgIpc) is 3.32. The van der Waals surface area contributed by atoms with Gasteiger partial charge in [0.1, 0.15) is 24.0 Å². The molecule has 164 valence electrons. The van der Waals surface area contributed by atoms with Crippen molar-refractivity contribution >= 4 is 35.3 Å². The van der Waals surface area contributed by atoms with Crippen LogP contribution < -0.4 is 26.0 Å².